The molecule has 1 aliphatic rings. The number of nitrogens with zero attached hydrogens (tertiary/aromatic N) is 7. The van der Waals surface area contributed by atoms with Gasteiger partial charge >= 0.3 is 0 Å². The van der Waals surface area contributed by atoms with E-state index in [1.165, 1.54) is 5.69 Å². The first-order chi connectivity index (χ1) is 11.3. The molecule has 0 bridgehead atoms. The third-order valence-electron chi connectivity index (χ3n) is 4.40. The zero-order valence-electron chi connectivity index (χ0n) is 13.1. The summed E-state index contributed by atoms with van der Waals surface area (Å²) in [5.41, 5.74) is 2.23. The Kier molecular flexibility index (Phi) is 3.63. The Bertz CT molecular complexity index is 805. The molecule has 0 saturated carbocycles. The van der Waals surface area contributed by atoms with Gasteiger partial charge in [0, 0.05) is 50.5 Å². The van der Waals surface area contributed by atoms with Crippen LogP contribution >= 0.6 is 0 Å². The van der Waals surface area contributed by atoms with E-state index < -0.39 is 0 Å². The van der Waals surface area contributed by atoms with Crippen molar-refractivity contribution in [2.24, 2.45) is 7.05 Å². The molecule has 0 spiro atoms. The summed E-state index contributed by atoms with van der Waals surface area (Å²) in [6.45, 7) is 4.93. The molecule has 1 aliphatic heterocycles. The third-order valence-corrected chi connectivity index (χ3v) is 4.40. The number of rotatable bonds is 3. The Balaban J connectivity index is 1.43. The maximum absolute atomic E-state index is 4.28. The number of aryl methyl sites for hydroxylation is 1. The van der Waals surface area contributed by atoms with E-state index in [0.29, 0.717) is 0 Å². The summed E-state index contributed by atoms with van der Waals surface area (Å²) in [7, 11) is 1.99. The lowest BCUT2D eigenvalue weighted by Crippen LogP contribution is -2.46. The number of hydrogen-bond acceptors (Lipinski definition) is 6. The van der Waals surface area contributed by atoms with Crippen LogP contribution in [0.2, 0.25) is 0 Å². The molecule has 7 heteroatoms. The minimum Gasteiger partial charge on any atom is -0.369 e. The minimum absolute atomic E-state index is 0.857. The van der Waals surface area contributed by atoms with E-state index >= 15 is 0 Å². The molecule has 3 heterocycles. The summed E-state index contributed by atoms with van der Waals surface area (Å²) in [5, 5.41) is 9.20. The van der Waals surface area contributed by atoms with Crippen LogP contribution in [0.5, 0.6) is 0 Å². The van der Waals surface area contributed by atoms with Crippen molar-refractivity contribution in [1.29, 1.82) is 0 Å². The van der Waals surface area contributed by atoms with Gasteiger partial charge in [0.25, 0.3) is 0 Å². The fourth-order valence-electron chi connectivity index (χ4n) is 2.98. The molecule has 2 aromatic heterocycles. The number of hydrogen-bond donors (Lipinski definition) is 0. The van der Waals surface area contributed by atoms with Crippen molar-refractivity contribution in [2.45, 2.75) is 6.54 Å². The molecule has 0 N–H and O–H groups in total. The first kappa shape index (κ1) is 14.1. The van der Waals surface area contributed by atoms with E-state index in [4.69, 9.17) is 0 Å². The normalized spacial score (nSPS) is 16.1. The van der Waals surface area contributed by atoms with Crippen LogP contribution in [0.25, 0.3) is 10.9 Å². The molecule has 1 fully saturated rings. The summed E-state index contributed by atoms with van der Waals surface area (Å²) in [6.07, 6.45) is 5.21. The SMILES string of the molecule is Cn1cnnc1CN1CCN(c2ccc3ncncc3c2)CC1. The van der Waals surface area contributed by atoms with Crippen molar-refractivity contribution in [3.05, 3.63) is 42.9 Å². The molecule has 1 aromatic carbocycles. The topological polar surface area (TPSA) is 63.0 Å². The molecule has 23 heavy (non-hydrogen) atoms. The average molecular weight is 309 g/mol. The number of aromatic nitrogens is 5. The molecular formula is C16H19N7. The quantitative estimate of drug-likeness (QED) is 0.721. The highest BCUT2D eigenvalue weighted by molar-refractivity contribution is 5.81. The first-order valence-electron chi connectivity index (χ1n) is 7.79. The smallest absolute Gasteiger partial charge is 0.146 e. The monoisotopic (exact) mass is 309 g/mol. The second kappa shape index (κ2) is 5.92. The first-order valence-corrected chi connectivity index (χ1v) is 7.79. The fraction of sp³-hybridized carbons (Fsp3) is 0.375. The summed E-state index contributed by atoms with van der Waals surface area (Å²) in [5.74, 6) is 1.02. The van der Waals surface area contributed by atoms with Gasteiger partial charge in [-0.2, -0.15) is 0 Å². The molecule has 7 nitrogen and oxygen atoms in total. The van der Waals surface area contributed by atoms with E-state index in [0.717, 1.165) is 49.5 Å². The van der Waals surface area contributed by atoms with Gasteiger partial charge in [0.05, 0.1) is 12.1 Å². The van der Waals surface area contributed by atoms with Crippen molar-refractivity contribution in [3.63, 3.8) is 0 Å². The third kappa shape index (κ3) is 2.87. The van der Waals surface area contributed by atoms with Crippen molar-refractivity contribution in [1.82, 2.24) is 29.6 Å². The minimum atomic E-state index is 0.857. The Morgan fingerprint density at radius 2 is 2.00 bits per heavy atom. The van der Waals surface area contributed by atoms with Gasteiger partial charge in [-0.15, -0.1) is 10.2 Å². The largest absolute Gasteiger partial charge is 0.369 e. The van der Waals surface area contributed by atoms with Gasteiger partial charge in [0.1, 0.15) is 18.5 Å². The molecule has 0 radical (unpaired) electrons. The van der Waals surface area contributed by atoms with Crippen molar-refractivity contribution in [2.75, 3.05) is 31.1 Å². The van der Waals surface area contributed by atoms with E-state index in [1.807, 2.05) is 17.8 Å². The zero-order chi connectivity index (χ0) is 15.6. The van der Waals surface area contributed by atoms with Gasteiger partial charge in [-0.3, -0.25) is 4.90 Å². The van der Waals surface area contributed by atoms with Gasteiger partial charge in [-0.1, -0.05) is 0 Å². The Hall–Kier alpha value is -2.54. The number of fused-ring (bicyclic) bond motifs is 1. The fourth-order valence-corrected chi connectivity index (χ4v) is 2.98. The van der Waals surface area contributed by atoms with Crippen LogP contribution in [-0.4, -0.2) is 55.8 Å². The lowest BCUT2D eigenvalue weighted by atomic mass is 10.2. The highest BCUT2D eigenvalue weighted by Gasteiger charge is 2.19. The molecule has 4 rings (SSSR count). The molecular weight excluding hydrogens is 290 g/mol. The second-order valence-electron chi connectivity index (χ2n) is 5.89. The van der Waals surface area contributed by atoms with Gasteiger partial charge in [-0.25, -0.2) is 9.97 Å². The predicted octanol–water partition coefficient (Wildman–Crippen LogP) is 1.08. The van der Waals surface area contributed by atoms with Crippen LogP contribution in [0.4, 0.5) is 5.69 Å². The second-order valence-corrected chi connectivity index (χ2v) is 5.89. The maximum atomic E-state index is 4.28. The van der Waals surface area contributed by atoms with Crippen LogP contribution in [0.15, 0.2) is 37.1 Å². The van der Waals surface area contributed by atoms with Gasteiger partial charge < -0.3 is 9.47 Å². The highest BCUT2D eigenvalue weighted by atomic mass is 15.3. The summed E-state index contributed by atoms with van der Waals surface area (Å²) in [6, 6.07) is 6.39. The average Bonchev–Trinajstić information content (AvgIpc) is 3.00. The molecule has 0 aliphatic carbocycles. The molecule has 1 saturated heterocycles. The molecule has 118 valence electrons. The van der Waals surface area contributed by atoms with Crippen LogP contribution in [0, 0.1) is 0 Å². The van der Waals surface area contributed by atoms with Gasteiger partial charge in [0.2, 0.25) is 0 Å². The van der Waals surface area contributed by atoms with E-state index in [1.54, 1.807) is 12.7 Å². The lowest BCUT2D eigenvalue weighted by Gasteiger charge is -2.35. The number of benzene rings is 1. The van der Waals surface area contributed by atoms with Crippen molar-refractivity contribution in [3.8, 4) is 0 Å². The molecule has 0 amide bonds. The van der Waals surface area contributed by atoms with E-state index in [9.17, 15) is 0 Å². The molecule has 0 unspecified atom stereocenters. The summed E-state index contributed by atoms with van der Waals surface area (Å²) >= 11 is 0. The maximum Gasteiger partial charge on any atom is 0.146 e. The van der Waals surface area contributed by atoms with E-state index in [-0.39, 0.29) is 0 Å². The van der Waals surface area contributed by atoms with Crippen molar-refractivity contribution >= 4 is 16.6 Å². The van der Waals surface area contributed by atoms with Gasteiger partial charge in [-0.05, 0) is 18.2 Å². The standard InChI is InChI=1S/C16H19N7/c1-21-12-19-20-16(21)10-22-4-6-23(7-5-22)14-2-3-15-13(8-14)9-17-11-18-15/h2-3,8-9,11-12H,4-7,10H2,1H3. The Labute approximate surface area is 134 Å². The summed E-state index contributed by atoms with van der Waals surface area (Å²) < 4.78 is 1.98. The Morgan fingerprint density at radius 3 is 2.78 bits per heavy atom. The van der Waals surface area contributed by atoms with Crippen LogP contribution in [0.3, 0.4) is 0 Å². The summed E-state index contributed by atoms with van der Waals surface area (Å²) in [4.78, 5) is 13.2. The van der Waals surface area contributed by atoms with Crippen molar-refractivity contribution < 1.29 is 0 Å². The predicted molar refractivity (Wildman–Crippen MR) is 88.0 cm³/mol. The molecule has 0 atom stereocenters. The number of piperazine rings is 1. The van der Waals surface area contributed by atoms with Gasteiger partial charge in [0.15, 0.2) is 0 Å². The van der Waals surface area contributed by atoms with Crippen LogP contribution in [0.1, 0.15) is 5.82 Å². The van der Waals surface area contributed by atoms with Crippen LogP contribution < -0.4 is 4.90 Å². The lowest BCUT2D eigenvalue weighted by molar-refractivity contribution is 0.241. The highest BCUT2D eigenvalue weighted by Crippen LogP contribution is 2.21. The number of anilines is 1. The zero-order valence-corrected chi connectivity index (χ0v) is 13.1. The molecule has 3 aromatic rings. The Morgan fingerprint density at radius 1 is 1.13 bits per heavy atom. The van der Waals surface area contributed by atoms with E-state index in [2.05, 4.69) is 48.2 Å². The van der Waals surface area contributed by atoms with Crippen LogP contribution in [-0.2, 0) is 13.6 Å².